The van der Waals surface area contributed by atoms with Crippen LogP contribution in [0.15, 0.2) is 12.1 Å². The van der Waals surface area contributed by atoms with Gasteiger partial charge in [0.25, 0.3) is 0 Å². The topological polar surface area (TPSA) is 9.23 Å². The van der Waals surface area contributed by atoms with Crippen molar-refractivity contribution in [3.05, 3.63) is 34.9 Å². The van der Waals surface area contributed by atoms with E-state index in [1.807, 2.05) is 0 Å². The highest BCUT2D eigenvalue weighted by Crippen LogP contribution is 2.46. The van der Waals surface area contributed by atoms with Gasteiger partial charge in [-0.15, -0.1) is 0 Å². The van der Waals surface area contributed by atoms with E-state index in [1.165, 1.54) is 37.8 Å². The third-order valence-electron chi connectivity index (χ3n) is 4.76. The van der Waals surface area contributed by atoms with Gasteiger partial charge in [-0.05, 0) is 54.4 Å². The molecule has 0 amide bonds. The molecule has 0 unspecified atom stereocenters. The third kappa shape index (κ3) is 2.60. The van der Waals surface area contributed by atoms with Crippen molar-refractivity contribution in [3.63, 3.8) is 0 Å². The number of fused-ring (bicyclic) bond motifs is 3. The zero-order valence-corrected chi connectivity index (χ0v) is 12.0. The van der Waals surface area contributed by atoms with E-state index in [0.29, 0.717) is 11.8 Å². The van der Waals surface area contributed by atoms with Crippen molar-refractivity contribution in [1.29, 1.82) is 0 Å². The van der Waals surface area contributed by atoms with Gasteiger partial charge in [-0.3, -0.25) is 0 Å². The molecule has 1 nitrogen and oxygen atoms in total. The number of unbranched alkanes of at least 4 members (excludes halogenated alkanes) is 2. The van der Waals surface area contributed by atoms with Gasteiger partial charge in [-0.1, -0.05) is 26.2 Å². The minimum Gasteiger partial charge on any atom is -0.373 e. The maximum Gasteiger partial charge on any atom is 0.159 e. The quantitative estimate of drug-likeness (QED) is 0.720. The monoisotopic (exact) mass is 280 g/mol. The van der Waals surface area contributed by atoms with E-state index in [0.717, 1.165) is 30.6 Å². The van der Waals surface area contributed by atoms with Gasteiger partial charge in [0, 0.05) is 0 Å². The molecule has 1 saturated heterocycles. The molecule has 0 saturated carbocycles. The molecule has 0 spiro atoms. The highest BCUT2D eigenvalue weighted by molar-refractivity contribution is 5.36. The van der Waals surface area contributed by atoms with Gasteiger partial charge in [0.2, 0.25) is 0 Å². The molecule has 3 atom stereocenters. The Labute approximate surface area is 119 Å². The van der Waals surface area contributed by atoms with Crippen molar-refractivity contribution in [2.45, 2.75) is 51.6 Å². The Morgan fingerprint density at radius 1 is 1.20 bits per heavy atom. The summed E-state index contributed by atoms with van der Waals surface area (Å²) in [6.45, 7) is 2.98. The predicted octanol–water partition coefficient (Wildman–Crippen LogP) is 4.80. The van der Waals surface area contributed by atoms with Crippen LogP contribution in [0, 0.1) is 23.5 Å². The average molecular weight is 280 g/mol. The molecule has 110 valence electrons. The Hall–Kier alpha value is -0.960. The van der Waals surface area contributed by atoms with Gasteiger partial charge in [-0.25, -0.2) is 8.78 Å². The smallest absolute Gasteiger partial charge is 0.159 e. The molecule has 3 rings (SSSR count). The normalized spacial score (nSPS) is 28.2. The van der Waals surface area contributed by atoms with Crippen LogP contribution in [0.2, 0.25) is 0 Å². The molecule has 20 heavy (non-hydrogen) atoms. The molecular formula is C17H22F2O. The minimum absolute atomic E-state index is 0.0116. The van der Waals surface area contributed by atoms with E-state index in [1.54, 1.807) is 0 Å². The van der Waals surface area contributed by atoms with Gasteiger partial charge < -0.3 is 4.74 Å². The van der Waals surface area contributed by atoms with Gasteiger partial charge in [0.05, 0.1) is 12.7 Å². The summed E-state index contributed by atoms with van der Waals surface area (Å²) in [5, 5.41) is 0. The van der Waals surface area contributed by atoms with Crippen LogP contribution in [0.4, 0.5) is 8.78 Å². The second-order valence-electron chi connectivity index (χ2n) is 6.28. The second-order valence-corrected chi connectivity index (χ2v) is 6.28. The summed E-state index contributed by atoms with van der Waals surface area (Å²) in [7, 11) is 0. The number of ether oxygens (including phenoxy) is 1. The van der Waals surface area contributed by atoms with Crippen molar-refractivity contribution in [2.75, 3.05) is 6.61 Å². The summed E-state index contributed by atoms with van der Waals surface area (Å²) >= 11 is 0. The lowest BCUT2D eigenvalue weighted by Gasteiger charge is -2.32. The molecule has 1 aliphatic heterocycles. The first kappa shape index (κ1) is 14.0. The first-order valence-electron chi connectivity index (χ1n) is 7.78. The van der Waals surface area contributed by atoms with Gasteiger partial charge in [-0.2, -0.15) is 0 Å². The molecule has 1 heterocycles. The summed E-state index contributed by atoms with van der Waals surface area (Å²) in [4.78, 5) is 0. The van der Waals surface area contributed by atoms with E-state index in [9.17, 15) is 8.78 Å². The molecule has 0 aromatic heterocycles. The minimum atomic E-state index is -0.752. The number of rotatable bonds is 4. The Morgan fingerprint density at radius 3 is 2.80 bits per heavy atom. The summed E-state index contributed by atoms with van der Waals surface area (Å²) in [6.07, 6.45) is 6.95. The van der Waals surface area contributed by atoms with Crippen molar-refractivity contribution < 1.29 is 13.5 Å². The van der Waals surface area contributed by atoms with Crippen LogP contribution in [0.25, 0.3) is 0 Å². The molecule has 1 aliphatic carbocycles. The highest BCUT2D eigenvalue weighted by atomic mass is 19.2. The molecule has 0 N–H and O–H groups in total. The zero-order chi connectivity index (χ0) is 14.1. The Kier molecular flexibility index (Phi) is 4.06. The summed E-state index contributed by atoms with van der Waals surface area (Å²) in [6, 6.07) is 2.70. The molecular weight excluding hydrogens is 258 g/mol. The fourth-order valence-corrected chi connectivity index (χ4v) is 3.74. The van der Waals surface area contributed by atoms with E-state index in [-0.39, 0.29) is 6.10 Å². The van der Waals surface area contributed by atoms with Crippen LogP contribution >= 0.6 is 0 Å². The summed E-state index contributed by atoms with van der Waals surface area (Å²) in [5.74, 6) is -0.460. The maximum atomic E-state index is 13.4. The van der Waals surface area contributed by atoms with Crippen molar-refractivity contribution >= 4 is 0 Å². The summed E-state index contributed by atoms with van der Waals surface area (Å²) in [5.41, 5.74) is 1.81. The third-order valence-corrected chi connectivity index (χ3v) is 4.76. The van der Waals surface area contributed by atoms with Gasteiger partial charge in [0.15, 0.2) is 11.6 Å². The number of halogens is 2. The second kappa shape index (κ2) is 5.80. The zero-order valence-electron chi connectivity index (χ0n) is 12.0. The molecule has 2 aliphatic rings. The molecule has 1 aromatic rings. The van der Waals surface area contributed by atoms with Crippen molar-refractivity contribution in [1.82, 2.24) is 0 Å². The predicted molar refractivity (Wildman–Crippen MR) is 74.5 cm³/mol. The fraction of sp³-hybridized carbons (Fsp3) is 0.647. The first-order chi connectivity index (χ1) is 9.69. The van der Waals surface area contributed by atoms with Gasteiger partial charge >= 0.3 is 0 Å². The Morgan fingerprint density at radius 2 is 2.00 bits per heavy atom. The Bertz CT molecular complexity index is 486. The summed E-state index contributed by atoms with van der Waals surface area (Å²) < 4.78 is 32.7. The molecule has 0 radical (unpaired) electrons. The number of hydrogen-bond donors (Lipinski definition) is 0. The van der Waals surface area contributed by atoms with Crippen LogP contribution in [0.3, 0.4) is 0 Å². The Balaban J connectivity index is 1.67. The molecule has 1 fully saturated rings. The molecule has 0 bridgehead atoms. The average Bonchev–Trinajstić information content (AvgIpc) is 2.76. The van der Waals surface area contributed by atoms with Crippen molar-refractivity contribution in [2.24, 2.45) is 11.8 Å². The first-order valence-corrected chi connectivity index (χ1v) is 7.78. The van der Waals surface area contributed by atoms with E-state index in [2.05, 4.69) is 6.92 Å². The largest absolute Gasteiger partial charge is 0.373 e. The molecule has 1 aromatic carbocycles. The lowest BCUT2D eigenvalue weighted by Crippen LogP contribution is -2.26. The van der Waals surface area contributed by atoms with E-state index in [4.69, 9.17) is 4.74 Å². The lowest BCUT2D eigenvalue weighted by molar-refractivity contribution is -0.0521. The van der Waals surface area contributed by atoms with E-state index < -0.39 is 11.6 Å². The van der Waals surface area contributed by atoms with Gasteiger partial charge in [0.1, 0.15) is 0 Å². The van der Waals surface area contributed by atoms with Crippen LogP contribution in [0.5, 0.6) is 0 Å². The molecule has 3 heteroatoms. The lowest BCUT2D eigenvalue weighted by atomic mass is 9.85. The maximum absolute atomic E-state index is 13.4. The SMILES string of the molecule is CCCCC[C@H]1CO[C@H]2c3cc(F)c(F)cc3C[C@@H]2C1. The fourth-order valence-electron chi connectivity index (χ4n) is 3.74. The van der Waals surface area contributed by atoms with Crippen LogP contribution in [-0.2, 0) is 11.2 Å². The van der Waals surface area contributed by atoms with E-state index >= 15 is 0 Å². The number of benzene rings is 1. The standard InChI is InChI=1S/C17H22F2O/c1-2-3-4-5-11-6-13-7-12-8-15(18)16(19)9-14(12)17(13)20-10-11/h8-9,11,13,17H,2-7,10H2,1H3/t11-,13+,17-/m1/s1. The van der Waals surface area contributed by atoms with Crippen LogP contribution in [0.1, 0.15) is 56.3 Å². The van der Waals surface area contributed by atoms with Crippen LogP contribution < -0.4 is 0 Å². The van der Waals surface area contributed by atoms with Crippen LogP contribution in [-0.4, -0.2) is 6.61 Å². The van der Waals surface area contributed by atoms with Crippen molar-refractivity contribution in [3.8, 4) is 0 Å². The number of hydrogen-bond acceptors (Lipinski definition) is 1. The highest BCUT2D eigenvalue weighted by Gasteiger charge is 2.39.